The molecule has 1 atom stereocenters. The molecule has 14 heavy (non-hydrogen) atoms. The van der Waals surface area contributed by atoms with Crippen LogP contribution in [0.1, 0.15) is 6.42 Å². The number of hydrogen-bond acceptors (Lipinski definition) is 3. The molecule has 0 aliphatic carbocycles. The van der Waals surface area contributed by atoms with Gasteiger partial charge < -0.3 is 10.1 Å². The summed E-state index contributed by atoms with van der Waals surface area (Å²) in [5.74, 6) is 1.01. The van der Waals surface area contributed by atoms with Gasteiger partial charge in [-0.25, -0.2) is 4.98 Å². The molecule has 1 fully saturated rings. The van der Waals surface area contributed by atoms with Crippen LogP contribution in [0.25, 0.3) is 0 Å². The van der Waals surface area contributed by atoms with E-state index in [2.05, 4.69) is 10.3 Å². The van der Waals surface area contributed by atoms with Crippen molar-refractivity contribution < 1.29 is 9.53 Å². The van der Waals surface area contributed by atoms with Gasteiger partial charge in [0.05, 0.1) is 6.61 Å². The van der Waals surface area contributed by atoms with Crippen molar-refractivity contribution in [2.24, 2.45) is 5.92 Å². The molecule has 1 unspecified atom stereocenters. The predicted octanol–water partition coefficient (Wildman–Crippen LogP) is 0.597. The second kappa shape index (κ2) is 4.09. The lowest BCUT2D eigenvalue weighted by molar-refractivity contribution is -0.119. The van der Waals surface area contributed by atoms with Gasteiger partial charge in [0.25, 0.3) is 0 Å². The molecule has 0 saturated carbocycles. The topological polar surface area (TPSA) is 51.2 Å². The number of nitrogens with zero attached hydrogens (tertiary/aromatic N) is 1. The van der Waals surface area contributed by atoms with Gasteiger partial charge in [-0.2, -0.15) is 0 Å². The van der Waals surface area contributed by atoms with Crippen molar-refractivity contribution in [1.82, 2.24) is 10.3 Å². The van der Waals surface area contributed by atoms with Gasteiger partial charge in [-0.3, -0.25) is 4.79 Å². The molecule has 1 aliphatic heterocycles. The zero-order valence-electron chi connectivity index (χ0n) is 7.77. The first kappa shape index (κ1) is 8.99. The molecule has 1 aliphatic rings. The van der Waals surface area contributed by atoms with Gasteiger partial charge in [0.1, 0.15) is 0 Å². The molecular formula is C10H12N2O2. The van der Waals surface area contributed by atoms with Crippen molar-refractivity contribution in [2.45, 2.75) is 6.42 Å². The highest BCUT2D eigenvalue weighted by atomic mass is 16.5. The van der Waals surface area contributed by atoms with E-state index >= 15 is 0 Å². The van der Waals surface area contributed by atoms with E-state index in [1.165, 1.54) is 0 Å². The van der Waals surface area contributed by atoms with E-state index in [1.54, 1.807) is 6.20 Å². The summed E-state index contributed by atoms with van der Waals surface area (Å²) >= 11 is 0. The molecule has 2 rings (SSSR count). The highest BCUT2D eigenvalue weighted by molar-refractivity contribution is 5.78. The van der Waals surface area contributed by atoms with Crippen LogP contribution in [0.4, 0.5) is 0 Å². The van der Waals surface area contributed by atoms with E-state index in [9.17, 15) is 4.79 Å². The quantitative estimate of drug-likeness (QED) is 0.762. The van der Waals surface area contributed by atoms with Gasteiger partial charge in [0, 0.05) is 31.1 Å². The molecule has 1 amide bonds. The maximum absolute atomic E-state index is 10.9. The lowest BCUT2D eigenvalue weighted by Crippen LogP contribution is -2.16. The fourth-order valence-corrected chi connectivity index (χ4v) is 1.42. The number of nitrogens with one attached hydrogen (secondary N) is 1. The Kier molecular flexibility index (Phi) is 2.62. The second-order valence-electron chi connectivity index (χ2n) is 3.35. The van der Waals surface area contributed by atoms with E-state index in [1.807, 2.05) is 18.2 Å². The first-order valence-corrected chi connectivity index (χ1v) is 4.65. The lowest BCUT2D eigenvalue weighted by atomic mass is 10.1. The zero-order chi connectivity index (χ0) is 9.80. The third-order valence-electron chi connectivity index (χ3n) is 2.17. The highest BCUT2D eigenvalue weighted by Gasteiger charge is 2.21. The average molecular weight is 192 g/mol. The third kappa shape index (κ3) is 2.22. The van der Waals surface area contributed by atoms with Crippen LogP contribution < -0.4 is 10.1 Å². The molecule has 1 N–H and O–H groups in total. The number of ether oxygens (including phenoxy) is 1. The van der Waals surface area contributed by atoms with Crippen LogP contribution in [-0.2, 0) is 4.79 Å². The minimum atomic E-state index is 0.111. The Labute approximate surface area is 82.3 Å². The smallest absolute Gasteiger partial charge is 0.220 e. The predicted molar refractivity (Wildman–Crippen MR) is 50.8 cm³/mol. The van der Waals surface area contributed by atoms with Crippen LogP contribution in [-0.4, -0.2) is 24.0 Å². The Morgan fingerprint density at radius 3 is 3.14 bits per heavy atom. The Hall–Kier alpha value is -1.58. The molecule has 1 aromatic heterocycles. The van der Waals surface area contributed by atoms with E-state index in [0.717, 1.165) is 0 Å². The Bertz CT molecular complexity index is 313. The molecule has 1 saturated heterocycles. The average Bonchev–Trinajstić information content (AvgIpc) is 2.63. The van der Waals surface area contributed by atoms with Gasteiger partial charge in [0.15, 0.2) is 0 Å². The molecule has 0 spiro atoms. The maximum Gasteiger partial charge on any atom is 0.220 e. The summed E-state index contributed by atoms with van der Waals surface area (Å²) in [6.45, 7) is 1.27. The van der Waals surface area contributed by atoms with Crippen LogP contribution in [0.5, 0.6) is 5.88 Å². The number of amides is 1. The summed E-state index contributed by atoms with van der Waals surface area (Å²) in [6.07, 6.45) is 2.25. The number of aromatic nitrogens is 1. The molecule has 1 aromatic rings. The number of pyridine rings is 1. The van der Waals surface area contributed by atoms with Crippen molar-refractivity contribution in [3.05, 3.63) is 24.4 Å². The maximum atomic E-state index is 10.9. The first-order chi connectivity index (χ1) is 6.84. The van der Waals surface area contributed by atoms with Gasteiger partial charge in [-0.05, 0) is 6.07 Å². The van der Waals surface area contributed by atoms with Crippen LogP contribution in [0.15, 0.2) is 24.4 Å². The van der Waals surface area contributed by atoms with Gasteiger partial charge >= 0.3 is 0 Å². The zero-order valence-corrected chi connectivity index (χ0v) is 7.77. The van der Waals surface area contributed by atoms with Crippen molar-refractivity contribution >= 4 is 5.91 Å². The number of hydrogen-bond donors (Lipinski definition) is 1. The van der Waals surface area contributed by atoms with E-state index in [-0.39, 0.29) is 11.8 Å². The Morgan fingerprint density at radius 2 is 2.50 bits per heavy atom. The van der Waals surface area contributed by atoms with E-state index in [4.69, 9.17) is 4.74 Å². The molecule has 0 bridgehead atoms. The third-order valence-corrected chi connectivity index (χ3v) is 2.17. The van der Waals surface area contributed by atoms with Gasteiger partial charge in [0.2, 0.25) is 11.8 Å². The number of rotatable bonds is 3. The van der Waals surface area contributed by atoms with E-state index in [0.29, 0.717) is 25.5 Å². The van der Waals surface area contributed by atoms with Gasteiger partial charge in [-0.15, -0.1) is 0 Å². The Balaban J connectivity index is 1.80. The fourth-order valence-electron chi connectivity index (χ4n) is 1.42. The molecule has 0 radical (unpaired) electrons. The van der Waals surface area contributed by atoms with Crippen LogP contribution >= 0.6 is 0 Å². The lowest BCUT2D eigenvalue weighted by Gasteiger charge is -2.08. The highest BCUT2D eigenvalue weighted by Crippen LogP contribution is 2.11. The second-order valence-corrected chi connectivity index (χ2v) is 3.35. The SMILES string of the molecule is O=C1CC(COc2ccccn2)CN1. The van der Waals surface area contributed by atoms with Crippen LogP contribution in [0.3, 0.4) is 0 Å². The summed E-state index contributed by atoms with van der Waals surface area (Å²) in [4.78, 5) is 14.9. The summed E-state index contributed by atoms with van der Waals surface area (Å²) < 4.78 is 5.43. The van der Waals surface area contributed by atoms with Crippen LogP contribution in [0, 0.1) is 5.92 Å². The van der Waals surface area contributed by atoms with Crippen molar-refractivity contribution in [3.63, 3.8) is 0 Å². The molecule has 4 nitrogen and oxygen atoms in total. The van der Waals surface area contributed by atoms with Gasteiger partial charge in [-0.1, -0.05) is 6.07 Å². The summed E-state index contributed by atoms with van der Waals surface area (Å²) in [7, 11) is 0. The largest absolute Gasteiger partial charge is 0.477 e. The molecule has 74 valence electrons. The standard InChI is InChI=1S/C10H12N2O2/c13-9-5-8(6-12-9)7-14-10-3-1-2-4-11-10/h1-4,8H,5-7H2,(H,12,13). The number of carbonyl (C=O) groups excluding carboxylic acids is 1. The van der Waals surface area contributed by atoms with Crippen LogP contribution in [0.2, 0.25) is 0 Å². The first-order valence-electron chi connectivity index (χ1n) is 4.65. The summed E-state index contributed by atoms with van der Waals surface area (Å²) in [5.41, 5.74) is 0. The monoisotopic (exact) mass is 192 g/mol. The minimum Gasteiger partial charge on any atom is -0.477 e. The van der Waals surface area contributed by atoms with Crippen molar-refractivity contribution in [1.29, 1.82) is 0 Å². The summed E-state index contributed by atoms with van der Waals surface area (Å²) in [6, 6.07) is 5.53. The number of carbonyl (C=O) groups is 1. The molecule has 2 heterocycles. The van der Waals surface area contributed by atoms with E-state index < -0.39 is 0 Å². The molecule has 4 heteroatoms. The van der Waals surface area contributed by atoms with Crippen molar-refractivity contribution in [2.75, 3.05) is 13.2 Å². The Morgan fingerprint density at radius 1 is 1.57 bits per heavy atom. The normalized spacial score (nSPS) is 20.6. The van der Waals surface area contributed by atoms with Crippen molar-refractivity contribution in [3.8, 4) is 5.88 Å². The molecule has 0 aromatic carbocycles. The minimum absolute atomic E-state index is 0.111. The molecular weight excluding hydrogens is 180 g/mol. The fraction of sp³-hybridized carbons (Fsp3) is 0.400. The summed E-state index contributed by atoms with van der Waals surface area (Å²) in [5, 5.41) is 2.77.